The van der Waals surface area contributed by atoms with Gasteiger partial charge in [-0.3, -0.25) is 14.5 Å². The van der Waals surface area contributed by atoms with E-state index in [1.807, 2.05) is 31.7 Å². The molecule has 3 aromatic carbocycles. The second kappa shape index (κ2) is 17.1. The van der Waals surface area contributed by atoms with E-state index in [1.165, 1.54) is 25.4 Å². The molecule has 2 fully saturated rings. The van der Waals surface area contributed by atoms with Crippen molar-refractivity contribution in [3.63, 3.8) is 0 Å². The van der Waals surface area contributed by atoms with Crippen molar-refractivity contribution in [2.24, 2.45) is 0 Å². The number of methoxy groups -OCH3 is 1. The average Bonchev–Trinajstić information content (AvgIpc) is 4.07. The number of amides is 3. The fraction of sp³-hybridized carbons (Fsp3) is 0.372. The molecule has 3 N–H and O–H groups in total. The number of benzene rings is 3. The minimum atomic E-state index is -0.957. The molecule has 7 rings (SSSR count). The highest BCUT2D eigenvalue weighted by Gasteiger charge is 2.38. The molecule has 298 valence electrons. The molecule has 5 aromatic rings. The number of hydrogen-bond acceptors (Lipinski definition) is 7. The summed E-state index contributed by atoms with van der Waals surface area (Å²) in [5.74, 6) is -0.122. The number of imidazole rings is 2. The van der Waals surface area contributed by atoms with Crippen LogP contribution in [0.1, 0.15) is 81.8 Å². The number of aromatic amines is 2. The van der Waals surface area contributed by atoms with Crippen LogP contribution in [0.25, 0.3) is 33.6 Å². The second-order valence-electron chi connectivity index (χ2n) is 14.5. The van der Waals surface area contributed by atoms with Gasteiger partial charge in [-0.1, -0.05) is 56.3 Å². The van der Waals surface area contributed by atoms with E-state index in [2.05, 4.69) is 30.2 Å². The van der Waals surface area contributed by atoms with E-state index in [0.717, 1.165) is 32.4 Å². The lowest BCUT2D eigenvalue weighted by atomic mass is 10.00. The Morgan fingerprint density at radius 1 is 0.807 bits per heavy atom. The second-order valence-corrected chi connectivity index (χ2v) is 14.5. The molecular formula is C43H48F2N8O4. The first-order chi connectivity index (χ1) is 27.6. The Bertz CT molecular complexity index is 2220. The quantitative estimate of drug-likeness (QED) is 0.119. The molecule has 2 aliphatic rings. The van der Waals surface area contributed by atoms with Gasteiger partial charge in [0.15, 0.2) is 0 Å². The zero-order valence-corrected chi connectivity index (χ0v) is 32.6. The zero-order valence-electron chi connectivity index (χ0n) is 32.6. The van der Waals surface area contributed by atoms with Crippen molar-refractivity contribution in [2.45, 2.75) is 70.6 Å². The first-order valence-corrected chi connectivity index (χ1v) is 19.6. The van der Waals surface area contributed by atoms with Gasteiger partial charge in [0.1, 0.15) is 29.3 Å². The van der Waals surface area contributed by atoms with Crippen LogP contribution in [0.15, 0.2) is 79.1 Å². The lowest BCUT2D eigenvalue weighted by Crippen LogP contribution is -2.46. The van der Waals surface area contributed by atoms with Crippen LogP contribution in [-0.2, 0) is 14.3 Å². The van der Waals surface area contributed by atoms with Gasteiger partial charge >= 0.3 is 6.09 Å². The molecule has 0 saturated carbocycles. The molecule has 2 saturated heterocycles. The van der Waals surface area contributed by atoms with Crippen LogP contribution in [0.5, 0.6) is 0 Å². The molecular weight excluding hydrogens is 731 g/mol. The third-order valence-corrected chi connectivity index (χ3v) is 11.3. The molecule has 57 heavy (non-hydrogen) atoms. The van der Waals surface area contributed by atoms with E-state index >= 15 is 8.78 Å². The lowest BCUT2D eigenvalue weighted by molar-refractivity contribution is -0.137. The van der Waals surface area contributed by atoms with Gasteiger partial charge in [0.2, 0.25) is 5.91 Å². The fourth-order valence-electron chi connectivity index (χ4n) is 8.18. The minimum Gasteiger partial charge on any atom is -0.453 e. The maximum absolute atomic E-state index is 15.8. The summed E-state index contributed by atoms with van der Waals surface area (Å²) in [6.07, 6.45) is 5.41. The van der Waals surface area contributed by atoms with Gasteiger partial charge in [-0.2, -0.15) is 0 Å². The molecule has 0 spiro atoms. The standard InChI is InChI=1S/C43H48F2N8O4/c1-5-51(6-2)26(3)41(54)52-20-10-14-36(52)39-46-24-34(48-39)30-18-16-28(22-32(30)44)29-17-19-31(33(45)23-29)35-25-47-40(49-35)37-15-11-21-53(37)42(55)38(50-43(56)57-4)27-12-8-7-9-13-27/h7-9,12-13,16-19,22-26,36-38H,5-6,10-11,14-15,20-21H2,1-4H3,(H,46,48)(H,47,49)(H,50,56)/t26-,36+,37+,38-/m1/s1. The summed E-state index contributed by atoms with van der Waals surface area (Å²) in [6.45, 7) is 8.71. The number of hydrogen-bond donors (Lipinski definition) is 3. The highest BCUT2D eigenvalue weighted by Crippen LogP contribution is 2.37. The molecule has 0 radical (unpaired) electrons. The SMILES string of the molecule is CCN(CC)[C@H](C)C(=O)N1CCC[C@H]1c1ncc(-c2ccc(-c3ccc(-c4cnc([C@@H]5CCCN5C(=O)[C@H](NC(=O)OC)c5ccccc5)[nH]4)c(F)c3)cc2F)[nH]1. The molecule has 14 heteroatoms. The Morgan fingerprint density at radius 2 is 1.32 bits per heavy atom. The average molecular weight is 779 g/mol. The molecule has 4 atom stereocenters. The number of aromatic nitrogens is 4. The van der Waals surface area contributed by atoms with Crippen molar-refractivity contribution < 1.29 is 27.9 Å². The number of nitrogens with zero attached hydrogens (tertiary/aromatic N) is 5. The van der Waals surface area contributed by atoms with Gasteiger partial charge in [-0.25, -0.2) is 23.5 Å². The molecule has 12 nitrogen and oxygen atoms in total. The van der Waals surface area contributed by atoms with Crippen LogP contribution >= 0.6 is 0 Å². The predicted molar refractivity (Wildman–Crippen MR) is 211 cm³/mol. The fourth-order valence-corrected chi connectivity index (χ4v) is 8.18. The van der Waals surface area contributed by atoms with Gasteiger partial charge in [-0.15, -0.1) is 0 Å². The Kier molecular flexibility index (Phi) is 11.8. The third kappa shape index (κ3) is 8.04. The summed E-state index contributed by atoms with van der Waals surface area (Å²) < 4.78 is 36.3. The van der Waals surface area contributed by atoms with Crippen LogP contribution in [0, 0.1) is 11.6 Å². The van der Waals surface area contributed by atoms with Crippen molar-refractivity contribution in [1.82, 2.24) is 40.0 Å². The van der Waals surface area contributed by atoms with Gasteiger partial charge in [-0.05, 0) is 86.7 Å². The minimum absolute atomic E-state index is 0.0666. The number of carbonyl (C=O) groups is 3. The van der Waals surface area contributed by atoms with Crippen molar-refractivity contribution >= 4 is 17.9 Å². The topological polar surface area (TPSA) is 140 Å². The maximum atomic E-state index is 15.8. The molecule has 0 aliphatic carbocycles. The third-order valence-electron chi connectivity index (χ3n) is 11.3. The number of likely N-dealkylation sites (tertiary alicyclic amines) is 2. The van der Waals surface area contributed by atoms with E-state index in [4.69, 9.17) is 4.74 Å². The van der Waals surface area contributed by atoms with Crippen molar-refractivity contribution in [3.8, 4) is 33.6 Å². The first kappa shape index (κ1) is 39.3. The Labute approximate surface area is 330 Å². The molecule has 0 bridgehead atoms. The van der Waals surface area contributed by atoms with Crippen molar-refractivity contribution in [3.05, 3.63) is 108 Å². The number of ether oxygens (including phenoxy) is 1. The van der Waals surface area contributed by atoms with Crippen LogP contribution < -0.4 is 5.32 Å². The number of alkyl carbamates (subject to hydrolysis) is 1. The highest BCUT2D eigenvalue weighted by atomic mass is 19.1. The summed E-state index contributed by atoms with van der Waals surface area (Å²) in [4.78, 5) is 60.8. The Hall–Kier alpha value is -5.89. The van der Waals surface area contributed by atoms with E-state index in [0.29, 0.717) is 64.8 Å². The summed E-state index contributed by atoms with van der Waals surface area (Å²) in [7, 11) is 1.24. The molecule has 2 aromatic heterocycles. The van der Waals surface area contributed by atoms with Crippen LogP contribution in [0.2, 0.25) is 0 Å². The van der Waals surface area contributed by atoms with E-state index in [9.17, 15) is 14.4 Å². The number of likely N-dealkylation sites (N-methyl/N-ethyl adjacent to an activating group) is 1. The number of rotatable bonds is 12. The zero-order chi connectivity index (χ0) is 40.2. The Morgan fingerprint density at radius 3 is 1.79 bits per heavy atom. The summed E-state index contributed by atoms with van der Waals surface area (Å²) in [6, 6.07) is 16.6. The van der Waals surface area contributed by atoms with Gasteiger partial charge in [0, 0.05) is 24.2 Å². The molecule has 0 unspecified atom stereocenters. The number of halogens is 2. The molecule has 3 amide bonds. The van der Waals surface area contributed by atoms with Gasteiger partial charge in [0.25, 0.3) is 5.91 Å². The largest absolute Gasteiger partial charge is 0.453 e. The monoisotopic (exact) mass is 778 g/mol. The summed E-state index contributed by atoms with van der Waals surface area (Å²) in [5.41, 5.74) is 3.14. The van der Waals surface area contributed by atoms with Gasteiger partial charge < -0.3 is 29.8 Å². The smallest absolute Gasteiger partial charge is 0.407 e. The van der Waals surface area contributed by atoms with Gasteiger partial charge in [0.05, 0.1) is 49.0 Å². The number of H-pyrrole nitrogens is 2. The Balaban J connectivity index is 1.05. The normalized spacial score (nSPS) is 17.9. The number of nitrogens with one attached hydrogen (secondary N) is 3. The van der Waals surface area contributed by atoms with Crippen LogP contribution in [0.3, 0.4) is 0 Å². The van der Waals surface area contributed by atoms with Crippen molar-refractivity contribution in [2.75, 3.05) is 33.3 Å². The summed E-state index contributed by atoms with van der Waals surface area (Å²) >= 11 is 0. The van der Waals surface area contributed by atoms with Crippen LogP contribution in [-0.4, -0.2) is 91.9 Å². The first-order valence-electron chi connectivity index (χ1n) is 19.6. The highest BCUT2D eigenvalue weighted by molar-refractivity contribution is 5.87. The van der Waals surface area contributed by atoms with Crippen molar-refractivity contribution in [1.29, 1.82) is 0 Å². The molecule has 4 heterocycles. The molecule has 2 aliphatic heterocycles. The van der Waals surface area contributed by atoms with E-state index in [-0.39, 0.29) is 29.5 Å². The lowest BCUT2D eigenvalue weighted by Gasteiger charge is -2.31. The van der Waals surface area contributed by atoms with Crippen LogP contribution in [0.4, 0.5) is 13.6 Å². The predicted octanol–water partition coefficient (Wildman–Crippen LogP) is 7.57. The van der Waals surface area contributed by atoms with E-state index in [1.54, 1.807) is 59.6 Å². The maximum Gasteiger partial charge on any atom is 0.407 e. The summed E-state index contributed by atoms with van der Waals surface area (Å²) in [5, 5.41) is 2.66. The van der Waals surface area contributed by atoms with E-state index < -0.39 is 29.8 Å². The number of carbonyl (C=O) groups excluding carboxylic acids is 3.